The predicted octanol–water partition coefficient (Wildman–Crippen LogP) is 5.62. The van der Waals surface area contributed by atoms with E-state index in [4.69, 9.17) is 16.6 Å². The zero-order valence-corrected chi connectivity index (χ0v) is 16.5. The number of hydrogen-bond donors (Lipinski definition) is 0. The Bertz CT molecular complexity index is 1300. The average Bonchev–Trinajstić information content (AvgIpc) is 2.93. The molecule has 26 heavy (non-hydrogen) atoms. The first-order chi connectivity index (χ1) is 12.4. The zero-order chi connectivity index (χ0) is 18.5. The molecule has 0 fully saturated rings. The molecule has 0 saturated carbocycles. The van der Waals surface area contributed by atoms with Gasteiger partial charge in [0.15, 0.2) is 4.71 Å². The molecule has 0 bridgehead atoms. The van der Waals surface area contributed by atoms with E-state index in [1.54, 1.807) is 28.2 Å². The summed E-state index contributed by atoms with van der Waals surface area (Å²) in [5.74, 6) is 0. The van der Waals surface area contributed by atoms with Crippen LogP contribution in [0.3, 0.4) is 0 Å². The summed E-state index contributed by atoms with van der Waals surface area (Å²) in [7, 11) is -2.81. The van der Waals surface area contributed by atoms with Crippen molar-refractivity contribution in [3.05, 3.63) is 70.6 Å². The van der Waals surface area contributed by atoms with Crippen molar-refractivity contribution >= 4 is 53.9 Å². The molecule has 2 aromatic carbocycles. The molecule has 4 nitrogen and oxygen atoms in total. The average molecular weight is 402 g/mol. The third-order valence-electron chi connectivity index (χ3n) is 4.31. The minimum Gasteiger partial charge on any atom is -0.451 e. The van der Waals surface area contributed by atoms with Gasteiger partial charge >= 0.3 is 0 Å². The number of rotatable bonds is 3. The van der Waals surface area contributed by atoms with Crippen molar-refractivity contribution in [3.8, 4) is 0 Å². The number of hydrogen-bond acceptors (Lipinski definition) is 5. The molecular weight excluding hydrogens is 386 g/mol. The molecule has 0 atom stereocenters. The van der Waals surface area contributed by atoms with Crippen LogP contribution in [0.15, 0.2) is 64.1 Å². The largest absolute Gasteiger partial charge is 0.451 e. The summed E-state index contributed by atoms with van der Waals surface area (Å²) >= 11 is 5.25. The molecule has 2 heterocycles. The molecule has 7 heteroatoms. The van der Waals surface area contributed by atoms with Gasteiger partial charge in [-0.15, -0.1) is 0 Å². The van der Waals surface area contributed by atoms with Crippen LogP contribution in [-0.2, 0) is 8.87 Å². The highest BCUT2D eigenvalue weighted by molar-refractivity contribution is 8.71. The first-order valence-electron chi connectivity index (χ1n) is 7.92. The summed E-state index contributed by atoms with van der Waals surface area (Å²) in [6, 6.07) is 14.5. The van der Waals surface area contributed by atoms with Crippen LogP contribution in [0.5, 0.6) is 0 Å². The van der Waals surface area contributed by atoms with E-state index >= 15 is 0 Å². The standard InChI is InChI=1S/C19H15NO3S3/c1-12-7-9-14(10-8-12)26(21,22)25-20-16-6-4-3-5-15(16)18-13(2)19(24)23-11-17(18)20/h3-11H,1-2H3. The highest BCUT2D eigenvalue weighted by Crippen LogP contribution is 2.38. The highest BCUT2D eigenvalue weighted by Gasteiger charge is 2.22. The van der Waals surface area contributed by atoms with E-state index in [0.717, 1.165) is 38.4 Å². The summed E-state index contributed by atoms with van der Waals surface area (Å²) in [6.45, 7) is 3.82. The maximum Gasteiger partial charge on any atom is 0.249 e. The van der Waals surface area contributed by atoms with Gasteiger partial charge in [-0.25, -0.2) is 8.42 Å². The van der Waals surface area contributed by atoms with Crippen LogP contribution in [0.1, 0.15) is 11.1 Å². The molecule has 0 aliphatic rings. The lowest BCUT2D eigenvalue weighted by Gasteiger charge is -2.07. The fourth-order valence-electron chi connectivity index (χ4n) is 2.96. The molecule has 0 amide bonds. The molecule has 4 aromatic rings. The number of benzene rings is 2. The van der Waals surface area contributed by atoms with E-state index in [1.807, 2.05) is 38.1 Å². The minimum absolute atomic E-state index is 0.271. The first kappa shape index (κ1) is 17.3. The highest BCUT2D eigenvalue weighted by atomic mass is 33.1. The van der Waals surface area contributed by atoms with E-state index in [1.165, 1.54) is 6.26 Å². The smallest absolute Gasteiger partial charge is 0.249 e. The Morgan fingerprint density at radius 2 is 1.69 bits per heavy atom. The van der Waals surface area contributed by atoms with Crippen molar-refractivity contribution in [1.29, 1.82) is 0 Å². The van der Waals surface area contributed by atoms with Gasteiger partial charge in [-0.2, -0.15) is 0 Å². The maximum atomic E-state index is 12.9. The Balaban J connectivity index is 1.98. The monoisotopic (exact) mass is 401 g/mol. The number of aromatic nitrogens is 1. The number of para-hydroxylation sites is 1. The fourth-order valence-corrected chi connectivity index (χ4v) is 5.98. The number of aryl methyl sites for hydroxylation is 2. The predicted molar refractivity (Wildman–Crippen MR) is 109 cm³/mol. The second kappa shape index (κ2) is 6.26. The van der Waals surface area contributed by atoms with Gasteiger partial charge in [0.25, 0.3) is 0 Å². The molecule has 132 valence electrons. The topological polar surface area (TPSA) is 52.2 Å². The van der Waals surface area contributed by atoms with Crippen LogP contribution in [0.25, 0.3) is 21.8 Å². The van der Waals surface area contributed by atoms with Crippen LogP contribution in [0.4, 0.5) is 0 Å². The van der Waals surface area contributed by atoms with Crippen LogP contribution in [0.2, 0.25) is 0 Å². The Kier molecular flexibility index (Phi) is 4.17. The lowest BCUT2D eigenvalue weighted by atomic mass is 10.1. The minimum atomic E-state index is -3.59. The van der Waals surface area contributed by atoms with Crippen LogP contribution < -0.4 is 0 Å². The van der Waals surface area contributed by atoms with E-state index in [9.17, 15) is 8.42 Å². The SMILES string of the molecule is Cc1ccc(S(=O)(=O)Sn2c3ccccc3c3c(C)c(=S)occ32)cc1. The summed E-state index contributed by atoms with van der Waals surface area (Å²) in [4.78, 5) is 0.271. The van der Waals surface area contributed by atoms with E-state index in [0.29, 0.717) is 10.2 Å². The van der Waals surface area contributed by atoms with Crippen molar-refractivity contribution in [2.45, 2.75) is 18.7 Å². The van der Waals surface area contributed by atoms with Gasteiger partial charge in [-0.05, 0) is 44.3 Å². The van der Waals surface area contributed by atoms with Gasteiger partial charge < -0.3 is 4.42 Å². The van der Waals surface area contributed by atoms with E-state index in [2.05, 4.69) is 0 Å². The molecule has 0 N–H and O–H groups in total. The maximum absolute atomic E-state index is 12.9. The zero-order valence-electron chi connectivity index (χ0n) is 14.1. The van der Waals surface area contributed by atoms with Gasteiger partial charge in [0.1, 0.15) is 6.26 Å². The van der Waals surface area contributed by atoms with Crippen LogP contribution >= 0.6 is 23.2 Å². The van der Waals surface area contributed by atoms with Crippen molar-refractivity contribution in [1.82, 2.24) is 3.97 Å². The number of fused-ring (bicyclic) bond motifs is 3. The van der Waals surface area contributed by atoms with Gasteiger partial charge in [0.2, 0.25) is 8.87 Å². The van der Waals surface area contributed by atoms with Crippen molar-refractivity contribution in [3.63, 3.8) is 0 Å². The lowest BCUT2D eigenvalue weighted by molar-refractivity contribution is 0.536. The molecule has 0 radical (unpaired) electrons. The van der Waals surface area contributed by atoms with Gasteiger partial charge in [-0.3, -0.25) is 3.97 Å². The molecule has 0 unspecified atom stereocenters. The third kappa shape index (κ3) is 2.76. The molecule has 2 aromatic heterocycles. The first-order valence-corrected chi connectivity index (χ1v) is 11.1. The summed E-state index contributed by atoms with van der Waals surface area (Å²) in [5, 5.41) is 1.87. The number of nitrogens with zero attached hydrogens (tertiary/aromatic N) is 1. The quantitative estimate of drug-likeness (QED) is 0.329. The molecule has 0 saturated heterocycles. The molecule has 0 aliphatic heterocycles. The van der Waals surface area contributed by atoms with Crippen molar-refractivity contribution in [2.75, 3.05) is 0 Å². The summed E-state index contributed by atoms with van der Waals surface area (Å²) in [6.07, 6.45) is 1.53. The fraction of sp³-hybridized carbons (Fsp3) is 0.105. The molecular formula is C19H15NO3S3. The van der Waals surface area contributed by atoms with Gasteiger partial charge in [0.05, 0.1) is 26.9 Å². The Morgan fingerprint density at radius 3 is 2.42 bits per heavy atom. The second-order valence-electron chi connectivity index (χ2n) is 6.06. The van der Waals surface area contributed by atoms with Gasteiger partial charge in [-0.1, -0.05) is 35.9 Å². The van der Waals surface area contributed by atoms with E-state index < -0.39 is 8.87 Å². The molecule has 0 aliphatic carbocycles. The lowest BCUT2D eigenvalue weighted by Crippen LogP contribution is -2.00. The summed E-state index contributed by atoms with van der Waals surface area (Å²) < 4.78 is 33.5. The Labute approximate surface area is 159 Å². The normalized spacial score (nSPS) is 12.1. The Hall–Kier alpha value is -2.09. The van der Waals surface area contributed by atoms with Crippen LogP contribution in [-0.4, -0.2) is 12.4 Å². The second-order valence-corrected chi connectivity index (χ2v) is 10.1. The summed E-state index contributed by atoms with van der Waals surface area (Å²) in [5.41, 5.74) is 3.35. The third-order valence-corrected chi connectivity index (χ3v) is 7.91. The van der Waals surface area contributed by atoms with Crippen molar-refractivity contribution in [2.24, 2.45) is 0 Å². The van der Waals surface area contributed by atoms with Crippen LogP contribution in [0, 0.1) is 18.6 Å². The Morgan fingerprint density at radius 1 is 1.00 bits per heavy atom. The molecule has 0 spiro atoms. The van der Waals surface area contributed by atoms with Crippen molar-refractivity contribution < 1.29 is 12.8 Å². The molecule has 4 rings (SSSR count). The van der Waals surface area contributed by atoms with Gasteiger partial charge in [0, 0.05) is 16.3 Å². The van der Waals surface area contributed by atoms with E-state index in [-0.39, 0.29) is 4.90 Å².